The fourth-order valence-electron chi connectivity index (χ4n) is 4.13. The Bertz CT molecular complexity index is 1340. The van der Waals surface area contributed by atoms with Crippen LogP contribution in [-0.4, -0.2) is 42.1 Å². The number of alkyl halides is 6. The second kappa shape index (κ2) is 12.8. The summed E-state index contributed by atoms with van der Waals surface area (Å²) >= 11 is 0.591. The van der Waals surface area contributed by atoms with Crippen LogP contribution < -0.4 is 5.32 Å². The summed E-state index contributed by atoms with van der Waals surface area (Å²) in [5, 5.41) is 3.11. The molecule has 1 fully saturated rings. The highest BCUT2D eigenvalue weighted by atomic mass is 32.2. The fraction of sp³-hybridized carbons (Fsp3) is 0.286. The summed E-state index contributed by atoms with van der Waals surface area (Å²) in [6, 6.07) is 13.8. The van der Waals surface area contributed by atoms with Gasteiger partial charge in [0.25, 0.3) is 0 Å². The first-order valence-electron chi connectivity index (χ1n) is 12.3. The van der Waals surface area contributed by atoms with E-state index in [2.05, 4.69) is 10.3 Å². The van der Waals surface area contributed by atoms with Gasteiger partial charge in [-0.15, -0.1) is 0 Å². The van der Waals surface area contributed by atoms with Crippen molar-refractivity contribution in [1.29, 1.82) is 0 Å². The third-order valence-corrected chi connectivity index (χ3v) is 7.03. The van der Waals surface area contributed by atoms with Crippen LogP contribution in [0, 0.1) is 0 Å². The quantitative estimate of drug-likeness (QED) is 0.287. The van der Waals surface area contributed by atoms with Crippen LogP contribution in [0.5, 0.6) is 0 Å². The minimum atomic E-state index is -5.29. The van der Waals surface area contributed by atoms with E-state index in [1.54, 1.807) is 36.5 Å². The number of rotatable bonds is 8. The number of hydrogen-bond acceptors (Lipinski definition) is 5. The van der Waals surface area contributed by atoms with Gasteiger partial charge in [-0.2, -0.15) is 26.3 Å². The molecule has 1 N–H and O–H groups in total. The van der Waals surface area contributed by atoms with Crippen LogP contribution in [0.25, 0.3) is 6.08 Å². The number of carbonyl (C=O) groups is 1. The third kappa shape index (κ3) is 7.79. The number of morpholine rings is 1. The topological polar surface area (TPSA) is 54.5 Å². The standard InChI is InChI=1S/C28H25F6N3O2S/c29-27(30,31)25-19(5-3-9-24(38)37-13-15-39-16-14-37)10-11-23(26(25)28(32,33)34)40-22-8-4-7-20(17-22)36-18-21-6-1-2-12-35-21/h1-8,10-12,17,36H,9,13-16,18H2. The van der Waals surface area contributed by atoms with Gasteiger partial charge < -0.3 is 15.0 Å². The van der Waals surface area contributed by atoms with Crippen LogP contribution in [0.3, 0.4) is 0 Å². The van der Waals surface area contributed by atoms with Crippen molar-refractivity contribution in [2.24, 2.45) is 0 Å². The molecule has 0 spiro atoms. The summed E-state index contributed by atoms with van der Waals surface area (Å²) in [5.41, 5.74) is -2.90. The summed E-state index contributed by atoms with van der Waals surface area (Å²) in [6.45, 7) is 1.76. The maximum atomic E-state index is 14.2. The van der Waals surface area contributed by atoms with E-state index >= 15 is 0 Å². The number of anilines is 1. The van der Waals surface area contributed by atoms with Crippen LogP contribution in [0.4, 0.5) is 32.0 Å². The first kappa shape index (κ1) is 29.5. The summed E-state index contributed by atoms with van der Waals surface area (Å²) in [6.07, 6.45) is -7.11. The molecule has 2 aromatic carbocycles. The molecule has 4 rings (SSSR count). The first-order chi connectivity index (χ1) is 19.0. The molecule has 40 heavy (non-hydrogen) atoms. The van der Waals surface area contributed by atoms with E-state index in [4.69, 9.17) is 4.74 Å². The zero-order valence-electron chi connectivity index (χ0n) is 21.1. The summed E-state index contributed by atoms with van der Waals surface area (Å²) in [5.74, 6) is -0.340. The van der Waals surface area contributed by atoms with Crippen LogP contribution in [0.15, 0.2) is 76.7 Å². The number of pyridine rings is 1. The molecule has 1 aromatic heterocycles. The Labute approximate surface area is 231 Å². The van der Waals surface area contributed by atoms with Gasteiger partial charge in [0.2, 0.25) is 5.91 Å². The largest absolute Gasteiger partial charge is 0.418 e. The van der Waals surface area contributed by atoms with E-state index in [1.165, 1.54) is 11.0 Å². The van der Waals surface area contributed by atoms with Crippen LogP contribution in [-0.2, 0) is 28.4 Å². The first-order valence-corrected chi connectivity index (χ1v) is 13.1. The Kier molecular flexibility index (Phi) is 9.41. The van der Waals surface area contributed by atoms with Crippen molar-refractivity contribution in [1.82, 2.24) is 9.88 Å². The van der Waals surface area contributed by atoms with Gasteiger partial charge in [-0.1, -0.05) is 42.1 Å². The highest BCUT2D eigenvalue weighted by Crippen LogP contribution is 2.48. The predicted octanol–water partition coefficient (Wildman–Crippen LogP) is 7.14. The Balaban J connectivity index is 1.60. The molecular formula is C28H25F6N3O2S. The van der Waals surface area contributed by atoms with Gasteiger partial charge in [0.1, 0.15) is 0 Å². The smallest absolute Gasteiger partial charge is 0.379 e. The van der Waals surface area contributed by atoms with E-state index < -0.39 is 33.9 Å². The number of amides is 1. The minimum absolute atomic E-state index is 0.243. The molecule has 0 atom stereocenters. The maximum Gasteiger partial charge on any atom is 0.418 e. The molecule has 212 valence electrons. The number of nitrogens with one attached hydrogen (secondary N) is 1. The van der Waals surface area contributed by atoms with Crippen molar-refractivity contribution in [3.8, 4) is 0 Å². The molecule has 1 aliphatic heterocycles. The van der Waals surface area contributed by atoms with E-state index in [-0.39, 0.29) is 12.3 Å². The summed E-state index contributed by atoms with van der Waals surface area (Å²) in [7, 11) is 0. The average Bonchev–Trinajstić information content (AvgIpc) is 2.92. The SMILES string of the molecule is O=C(CC=Cc1ccc(Sc2cccc(NCc3ccccn3)c2)c(C(F)(F)F)c1C(F)(F)F)N1CCOCC1. The van der Waals surface area contributed by atoms with Crippen molar-refractivity contribution < 1.29 is 35.9 Å². The van der Waals surface area contributed by atoms with Gasteiger partial charge in [-0.3, -0.25) is 9.78 Å². The second-order valence-electron chi connectivity index (χ2n) is 8.80. The average molecular weight is 582 g/mol. The molecule has 2 heterocycles. The lowest BCUT2D eigenvalue weighted by Crippen LogP contribution is -2.40. The van der Waals surface area contributed by atoms with Crippen LogP contribution >= 0.6 is 11.8 Å². The van der Waals surface area contributed by atoms with E-state index in [0.29, 0.717) is 55.2 Å². The lowest BCUT2D eigenvalue weighted by Gasteiger charge is -2.26. The van der Waals surface area contributed by atoms with Crippen LogP contribution in [0.2, 0.25) is 0 Å². The highest BCUT2D eigenvalue weighted by molar-refractivity contribution is 7.99. The normalized spacial score (nSPS) is 14.5. The van der Waals surface area contributed by atoms with E-state index in [1.807, 2.05) is 6.07 Å². The van der Waals surface area contributed by atoms with E-state index in [0.717, 1.165) is 30.0 Å². The number of nitrogens with zero attached hydrogens (tertiary/aromatic N) is 2. The van der Waals surface area contributed by atoms with Gasteiger partial charge in [-0.05, 0) is 42.0 Å². The minimum Gasteiger partial charge on any atom is -0.379 e. The Morgan fingerprint density at radius 1 is 0.975 bits per heavy atom. The van der Waals surface area contributed by atoms with Crippen molar-refractivity contribution in [2.75, 3.05) is 31.6 Å². The highest BCUT2D eigenvalue weighted by Gasteiger charge is 2.46. The lowest BCUT2D eigenvalue weighted by molar-refractivity contribution is -0.163. The molecule has 0 saturated carbocycles. The molecule has 12 heteroatoms. The van der Waals surface area contributed by atoms with Gasteiger partial charge in [0, 0.05) is 41.2 Å². The molecule has 1 aliphatic rings. The van der Waals surface area contributed by atoms with Gasteiger partial charge in [0.05, 0.1) is 36.6 Å². The zero-order valence-corrected chi connectivity index (χ0v) is 21.9. The molecule has 0 aliphatic carbocycles. The number of halogens is 6. The lowest BCUT2D eigenvalue weighted by atomic mass is 9.99. The second-order valence-corrected chi connectivity index (χ2v) is 9.92. The third-order valence-electron chi connectivity index (χ3n) is 5.98. The van der Waals surface area contributed by atoms with Gasteiger partial charge in [0.15, 0.2) is 0 Å². The summed E-state index contributed by atoms with van der Waals surface area (Å²) in [4.78, 5) is 17.7. The van der Waals surface area contributed by atoms with Crippen molar-refractivity contribution in [2.45, 2.75) is 35.1 Å². The van der Waals surface area contributed by atoms with Crippen molar-refractivity contribution >= 4 is 29.4 Å². The van der Waals surface area contributed by atoms with Gasteiger partial charge >= 0.3 is 12.4 Å². The Morgan fingerprint density at radius 3 is 2.40 bits per heavy atom. The number of carbonyl (C=O) groups excluding carboxylic acids is 1. The van der Waals surface area contributed by atoms with Crippen molar-refractivity contribution in [3.63, 3.8) is 0 Å². The Hall–Kier alpha value is -3.51. The monoisotopic (exact) mass is 581 g/mol. The number of benzene rings is 2. The Morgan fingerprint density at radius 2 is 1.73 bits per heavy atom. The number of hydrogen-bond donors (Lipinski definition) is 1. The number of aromatic nitrogens is 1. The van der Waals surface area contributed by atoms with Gasteiger partial charge in [-0.25, -0.2) is 0 Å². The maximum absolute atomic E-state index is 14.2. The molecule has 0 radical (unpaired) electrons. The zero-order chi connectivity index (χ0) is 28.8. The molecule has 1 amide bonds. The molecule has 0 bridgehead atoms. The van der Waals surface area contributed by atoms with E-state index in [9.17, 15) is 31.1 Å². The number of ether oxygens (including phenoxy) is 1. The molecule has 3 aromatic rings. The fourth-order valence-corrected chi connectivity index (χ4v) is 5.17. The molecule has 5 nitrogen and oxygen atoms in total. The summed E-state index contributed by atoms with van der Waals surface area (Å²) < 4.78 is 90.0. The predicted molar refractivity (Wildman–Crippen MR) is 140 cm³/mol. The van der Waals surface area contributed by atoms with Crippen LogP contribution in [0.1, 0.15) is 28.8 Å². The molecular weight excluding hydrogens is 556 g/mol. The van der Waals surface area contributed by atoms with Crippen molar-refractivity contribution in [3.05, 3.63) is 89.3 Å². The molecule has 0 unspecified atom stereocenters. The molecule has 1 saturated heterocycles.